The van der Waals surface area contributed by atoms with Gasteiger partial charge in [-0.3, -0.25) is 4.79 Å². The highest BCUT2D eigenvalue weighted by atomic mass is 32.2. The van der Waals surface area contributed by atoms with Gasteiger partial charge in [0, 0.05) is 25.0 Å². The molecule has 1 N–H and O–H groups in total. The Morgan fingerprint density at radius 1 is 1.09 bits per heavy atom. The van der Waals surface area contributed by atoms with Crippen molar-refractivity contribution in [2.45, 2.75) is 36.6 Å². The summed E-state index contributed by atoms with van der Waals surface area (Å²) in [6.07, 6.45) is 3.18. The molecule has 1 saturated heterocycles. The average molecular weight is 326 g/mol. The van der Waals surface area contributed by atoms with Crippen LogP contribution >= 0.6 is 0 Å². The van der Waals surface area contributed by atoms with Crippen molar-refractivity contribution in [1.82, 2.24) is 9.62 Å². The maximum atomic E-state index is 12.9. The monoisotopic (exact) mass is 326 g/mol. The van der Waals surface area contributed by atoms with E-state index in [-0.39, 0.29) is 22.8 Å². The number of likely N-dealkylation sites (tertiary alicyclic amines) is 1. The molecule has 1 aromatic rings. The predicted octanol–water partition coefficient (Wildman–Crippen LogP) is 1.51. The fourth-order valence-electron chi connectivity index (χ4n) is 2.71. The van der Waals surface area contributed by atoms with Gasteiger partial charge >= 0.3 is 0 Å². The van der Waals surface area contributed by atoms with Crippen LogP contribution in [0.1, 0.15) is 25.7 Å². The third-order valence-electron chi connectivity index (χ3n) is 4.18. The van der Waals surface area contributed by atoms with E-state index >= 15 is 0 Å². The van der Waals surface area contributed by atoms with Crippen molar-refractivity contribution in [3.63, 3.8) is 0 Å². The van der Waals surface area contributed by atoms with E-state index in [0.29, 0.717) is 25.9 Å². The normalized spacial score (nSPS) is 20.1. The van der Waals surface area contributed by atoms with Crippen LogP contribution in [-0.4, -0.2) is 38.4 Å². The lowest BCUT2D eigenvalue weighted by Crippen LogP contribution is -2.46. The number of rotatable bonds is 4. The van der Waals surface area contributed by atoms with E-state index in [0.717, 1.165) is 25.0 Å². The van der Waals surface area contributed by atoms with Crippen LogP contribution in [0, 0.1) is 11.7 Å². The number of nitrogens with zero attached hydrogens (tertiary/aromatic N) is 1. The minimum absolute atomic E-state index is 0.0605. The van der Waals surface area contributed by atoms with Gasteiger partial charge in [-0.15, -0.1) is 0 Å². The smallest absolute Gasteiger partial charge is 0.240 e. The fraction of sp³-hybridized carbons (Fsp3) is 0.533. The first-order valence-corrected chi connectivity index (χ1v) is 9.01. The quantitative estimate of drug-likeness (QED) is 0.912. The summed E-state index contributed by atoms with van der Waals surface area (Å²) in [4.78, 5) is 13.9. The van der Waals surface area contributed by atoms with Crippen LogP contribution in [0.2, 0.25) is 0 Å². The molecule has 5 nitrogen and oxygen atoms in total. The van der Waals surface area contributed by atoms with Crippen LogP contribution in [0.15, 0.2) is 29.2 Å². The molecule has 1 aliphatic carbocycles. The molecule has 0 atom stereocenters. The fourth-order valence-corrected chi connectivity index (χ4v) is 4.01. The summed E-state index contributed by atoms with van der Waals surface area (Å²) in [6.45, 7) is 1.18. The number of benzene rings is 1. The van der Waals surface area contributed by atoms with Crippen LogP contribution in [0.3, 0.4) is 0 Å². The highest BCUT2D eigenvalue weighted by Gasteiger charge is 2.35. The molecule has 1 amide bonds. The number of carbonyl (C=O) groups is 1. The minimum atomic E-state index is -3.64. The van der Waals surface area contributed by atoms with Crippen molar-refractivity contribution in [2.24, 2.45) is 5.92 Å². The molecule has 2 fully saturated rings. The largest absolute Gasteiger partial charge is 0.342 e. The summed E-state index contributed by atoms with van der Waals surface area (Å²) >= 11 is 0. The van der Waals surface area contributed by atoms with Crippen molar-refractivity contribution in [3.05, 3.63) is 30.1 Å². The second-order valence-electron chi connectivity index (χ2n) is 5.95. The lowest BCUT2D eigenvalue weighted by molar-refractivity contribution is -0.133. The van der Waals surface area contributed by atoms with Gasteiger partial charge in [-0.25, -0.2) is 17.5 Å². The molecule has 7 heteroatoms. The van der Waals surface area contributed by atoms with Gasteiger partial charge in [0.25, 0.3) is 0 Å². The molecule has 1 saturated carbocycles. The Morgan fingerprint density at radius 3 is 2.23 bits per heavy atom. The number of hydrogen-bond donors (Lipinski definition) is 1. The SMILES string of the molecule is O=C(C1CC1)N1CCC(NS(=O)(=O)c2ccc(F)cc2)CC1. The lowest BCUT2D eigenvalue weighted by Gasteiger charge is -2.32. The summed E-state index contributed by atoms with van der Waals surface area (Å²) in [5.41, 5.74) is 0. The highest BCUT2D eigenvalue weighted by Crippen LogP contribution is 2.32. The Kier molecular flexibility index (Phi) is 4.18. The van der Waals surface area contributed by atoms with Crippen LogP contribution in [0.25, 0.3) is 0 Å². The zero-order valence-electron chi connectivity index (χ0n) is 12.2. The number of nitrogens with one attached hydrogen (secondary N) is 1. The second-order valence-corrected chi connectivity index (χ2v) is 7.66. The minimum Gasteiger partial charge on any atom is -0.342 e. The molecule has 3 rings (SSSR count). The van der Waals surface area contributed by atoms with Gasteiger partial charge in [0.15, 0.2) is 0 Å². The Morgan fingerprint density at radius 2 is 1.68 bits per heavy atom. The van der Waals surface area contributed by atoms with E-state index in [1.54, 1.807) is 0 Å². The molecule has 120 valence electrons. The average Bonchev–Trinajstić information content (AvgIpc) is 3.32. The van der Waals surface area contributed by atoms with Crippen molar-refractivity contribution >= 4 is 15.9 Å². The zero-order valence-corrected chi connectivity index (χ0v) is 13.0. The van der Waals surface area contributed by atoms with Gasteiger partial charge in [0.1, 0.15) is 5.82 Å². The molecule has 0 spiro atoms. The van der Waals surface area contributed by atoms with Crippen molar-refractivity contribution in [2.75, 3.05) is 13.1 Å². The number of hydrogen-bond acceptors (Lipinski definition) is 3. The standard InChI is InChI=1S/C15H19FN2O3S/c16-12-3-5-14(6-4-12)22(20,21)17-13-7-9-18(10-8-13)15(19)11-1-2-11/h3-6,11,13,17H,1-2,7-10H2. The van der Waals surface area contributed by atoms with Gasteiger partial charge in [-0.1, -0.05) is 0 Å². The van der Waals surface area contributed by atoms with E-state index in [4.69, 9.17) is 0 Å². The molecule has 0 unspecified atom stereocenters. The summed E-state index contributed by atoms with van der Waals surface area (Å²) in [5, 5.41) is 0. The first-order valence-electron chi connectivity index (χ1n) is 7.52. The Labute approximate surface area is 129 Å². The summed E-state index contributed by atoms with van der Waals surface area (Å²) in [5.74, 6) is -0.0573. The number of amides is 1. The van der Waals surface area contributed by atoms with Crippen molar-refractivity contribution in [3.8, 4) is 0 Å². The molecule has 22 heavy (non-hydrogen) atoms. The molecular weight excluding hydrogens is 307 g/mol. The van der Waals surface area contributed by atoms with E-state index in [1.165, 1.54) is 12.1 Å². The van der Waals surface area contributed by atoms with E-state index in [9.17, 15) is 17.6 Å². The maximum Gasteiger partial charge on any atom is 0.240 e. The molecular formula is C15H19FN2O3S. The third-order valence-corrected chi connectivity index (χ3v) is 5.72. The molecule has 0 aromatic heterocycles. The Balaban J connectivity index is 1.57. The first kappa shape index (κ1) is 15.4. The number of halogens is 1. The van der Waals surface area contributed by atoms with Crippen molar-refractivity contribution < 1.29 is 17.6 Å². The second kappa shape index (κ2) is 5.96. The first-order chi connectivity index (χ1) is 10.5. The predicted molar refractivity (Wildman–Crippen MR) is 79.0 cm³/mol. The van der Waals surface area contributed by atoms with E-state index < -0.39 is 15.8 Å². The van der Waals surface area contributed by atoms with E-state index in [1.807, 2.05) is 4.90 Å². The summed E-state index contributed by atoms with van der Waals surface area (Å²) in [7, 11) is -3.64. The number of sulfonamides is 1. The van der Waals surface area contributed by atoms with Crippen molar-refractivity contribution in [1.29, 1.82) is 0 Å². The van der Waals surface area contributed by atoms with Crippen LogP contribution in [0.4, 0.5) is 4.39 Å². The molecule has 0 radical (unpaired) electrons. The number of piperidine rings is 1. The van der Waals surface area contributed by atoms with Crippen LogP contribution in [0.5, 0.6) is 0 Å². The van der Waals surface area contributed by atoms with Gasteiger partial charge in [0.05, 0.1) is 4.90 Å². The van der Waals surface area contributed by atoms with Gasteiger partial charge in [-0.2, -0.15) is 0 Å². The maximum absolute atomic E-state index is 12.9. The molecule has 1 heterocycles. The Hall–Kier alpha value is -1.47. The highest BCUT2D eigenvalue weighted by molar-refractivity contribution is 7.89. The van der Waals surface area contributed by atoms with E-state index in [2.05, 4.69) is 4.72 Å². The number of carbonyl (C=O) groups excluding carboxylic acids is 1. The lowest BCUT2D eigenvalue weighted by atomic mass is 10.1. The molecule has 1 aliphatic heterocycles. The van der Waals surface area contributed by atoms with Crippen LogP contribution < -0.4 is 4.72 Å². The topological polar surface area (TPSA) is 66.5 Å². The molecule has 0 bridgehead atoms. The molecule has 2 aliphatic rings. The van der Waals surface area contributed by atoms with Gasteiger partial charge in [-0.05, 0) is 49.9 Å². The van der Waals surface area contributed by atoms with Gasteiger partial charge < -0.3 is 4.90 Å². The summed E-state index contributed by atoms with van der Waals surface area (Å²) < 4.78 is 40.0. The van der Waals surface area contributed by atoms with Gasteiger partial charge in [0.2, 0.25) is 15.9 Å². The zero-order chi connectivity index (χ0) is 15.7. The van der Waals surface area contributed by atoms with Crippen LogP contribution in [-0.2, 0) is 14.8 Å². The summed E-state index contributed by atoms with van der Waals surface area (Å²) in [6, 6.07) is 4.59. The Bertz CT molecular complexity index is 648. The molecule has 1 aromatic carbocycles. The third kappa shape index (κ3) is 3.47.